The molecule has 3 aromatic rings. The zero-order chi connectivity index (χ0) is 13.2. The van der Waals surface area contributed by atoms with Crippen LogP contribution < -0.4 is 5.73 Å². The maximum absolute atomic E-state index is 5.85. The van der Waals surface area contributed by atoms with Crippen LogP contribution in [-0.4, -0.2) is 4.98 Å². The Morgan fingerprint density at radius 1 is 0.842 bits per heavy atom. The molecule has 0 saturated carbocycles. The molecule has 1 aromatic heterocycles. The smallest absolute Gasteiger partial charge is 0.184 e. The summed E-state index contributed by atoms with van der Waals surface area (Å²) in [4.78, 5) is 5.13. The van der Waals surface area contributed by atoms with Crippen LogP contribution in [0.25, 0.3) is 21.6 Å². The predicted molar refractivity (Wildman–Crippen MR) is 82.4 cm³/mol. The highest BCUT2D eigenvalue weighted by Crippen LogP contribution is 2.30. The van der Waals surface area contributed by atoms with E-state index in [4.69, 9.17) is 17.3 Å². The topological polar surface area (TPSA) is 38.9 Å². The molecule has 2 nitrogen and oxygen atoms in total. The molecular weight excluding hydrogens is 276 g/mol. The molecule has 0 aliphatic carbocycles. The first-order valence-electron chi connectivity index (χ1n) is 5.80. The first-order chi connectivity index (χ1) is 9.22. The standard InChI is InChI=1S/C15H11ClN2S/c16-15-18-9-14(19-15)12-3-1-10(2-4-12)11-5-7-13(17)8-6-11/h1-9H,17H2. The summed E-state index contributed by atoms with van der Waals surface area (Å²) in [6.45, 7) is 0. The lowest BCUT2D eigenvalue weighted by Crippen LogP contribution is -1.84. The second-order valence-corrected chi connectivity index (χ2v) is 5.79. The van der Waals surface area contributed by atoms with Gasteiger partial charge < -0.3 is 5.73 Å². The summed E-state index contributed by atoms with van der Waals surface area (Å²) in [6, 6.07) is 16.2. The second-order valence-electron chi connectivity index (χ2n) is 4.18. The van der Waals surface area contributed by atoms with Crippen LogP contribution in [0, 0.1) is 0 Å². The van der Waals surface area contributed by atoms with Gasteiger partial charge in [0.1, 0.15) is 0 Å². The van der Waals surface area contributed by atoms with Gasteiger partial charge in [0.2, 0.25) is 0 Å². The van der Waals surface area contributed by atoms with Gasteiger partial charge in [-0.05, 0) is 28.8 Å². The normalized spacial score (nSPS) is 10.6. The van der Waals surface area contributed by atoms with Gasteiger partial charge in [-0.1, -0.05) is 48.0 Å². The summed E-state index contributed by atoms with van der Waals surface area (Å²) in [5.74, 6) is 0. The number of anilines is 1. The number of thiazole rings is 1. The van der Waals surface area contributed by atoms with Crippen molar-refractivity contribution in [2.45, 2.75) is 0 Å². The van der Waals surface area contributed by atoms with E-state index >= 15 is 0 Å². The molecule has 1 heterocycles. The van der Waals surface area contributed by atoms with Gasteiger partial charge in [-0.25, -0.2) is 4.98 Å². The van der Waals surface area contributed by atoms with Crippen LogP contribution in [0.15, 0.2) is 54.7 Å². The van der Waals surface area contributed by atoms with Gasteiger partial charge in [-0.2, -0.15) is 0 Å². The Bertz CT molecular complexity index is 687. The van der Waals surface area contributed by atoms with Crippen molar-refractivity contribution in [1.82, 2.24) is 4.98 Å². The van der Waals surface area contributed by atoms with Crippen molar-refractivity contribution in [3.05, 3.63) is 59.2 Å². The Morgan fingerprint density at radius 3 is 1.89 bits per heavy atom. The van der Waals surface area contributed by atoms with Crippen molar-refractivity contribution >= 4 is 28.6 Å². The molecule has 3 rings (SSSR count). The molecule has 0 bridgehead atoms. The second kappa shape index (κ2) is 5.03. The first kappa shape index (κ1) is 12.2. The van der Waals surface area contributed by atoms with E-state index in [1.165, 1.54) is 16.9 Å². The monoisotopic (exact) mass is 286 g/mol. The van der Waals surface area contributed by atoms with Crippen LogP contribution in [0.2, 0.25) is 4.47 Å². The minimum Gasteiger partial charge on any atom is -0.399 e. The van der Waals surface area contributed by atoms with Gasteiger partial charge in [-0.15, -0.1) is 11.3 Å². The number of nitrogens with zero attached hydrogens (tertiary/aromatic N) is 1. The molecule has 0 aliphatic heterocycles. The fourth-order valence-corrected chi connectivity index (χ4v) is 2.83. The Kier molecular flexibility index (Phi) is 3.23. The molecule has 0 radical (unpaired) electrons. The van der Waals surface area contributed by atoms with Crippen LogP contribution >= 0.6 is 22.9 Å². The van der Waals surface area contributed by atoms with Crippen molar-refractivity contribution in [3.8, 4) is 21.6 Å². The number of hydrogen-bond acceptors (Lipinski definition) is 3. The van der Waals surface area contributed by atoms with Gasteiger partial charge in [0, 0.05) is 11.9 Å². The molecule has 0 aliphatic rings. The molecular formula is C15H11ClN2S. The minimum atomic E-state index is 0.567. The van der Waals surface area contributed by atoms with Crippen LogP contribution in [0.4, 0.5) is 5.69 Å². The van der Waals surface area contributed by atoms with Crippen molar-refractivity contribution < 1.29 is 0 Å². The number of nitrogens with two attached hydrogens (primary N) is 1. The summed E-state index contributed by atoms with van der Waals surface area (Å²) in [6.07, 6.45) is 1.80. The van der Waals surface area contributed by atoms with E-state index in [0.717, 1.165) is 21.7 Å². The fraction of sp³-hybridized carbons (Fsp3) is 0. The highest BCUT2D eigenvalue weighted by Gasteiger charge is 2.03. The van der Waals surface area contributed by atoms with Crippen LogP contribution in [0.3, 0.4) is 0 Å². The average molecular weight is 287 g/mol. The highest BCUT2D eigenvalue weighted by molar-refractivity contribution is 7.18. The lowest BCUT2D eigenvalue weighted by Gasteiger charge is -2.03. The summed E-state index contributed by atoms with van der Waals surface area (Å²) in [7, 11) is 0. The van der Waals surface area contributed by atoms with E-state index in [9.17, 15) is 0 Å². The van der Waals surface area contributed by atoms with Gasteiger partial charge in [-0.3, -0.25) is 0 Å². The Hall–Kier alpha value is -1.84. The number of hydrogen-bond donors (Lipinski definition) is 1. The lowest BCUT2D eigenvalue weighted by molar-refractivity contribution is 1.42. The van der Waals surface area contributed by atoms with E-state index in [1.54, 1.807) is 6.20 Å². The zero-order valence-electron chi connectivity index (χ0n) is 10.0. The van der Waals surface area contributed by atoms with Crippen molar-refractivity contribution in [2.75, 3.05) is 5.73 Å². The minimum absolute atomic E-state index is 0.567. The Labute approximate surface area is 120 Å². The van der Waals surface area contributed by atoms with Crippen molar-refractivity contribution in [3.63, 3.8) is 0 Å². The summed E-state index contributed by atoms with van der Waals surface area (Å²) < 4.78 is 0.567. The maximum atomic E-state index is 5.85. The first-order valence-corrected chi connectivity index (χ1v) is 6.99. The number of rotatable bonds is 2. The third-order valence-corrected chi connectivity index (χ3v) is 4.05. The zero-order valence-corrected chi connectivity index (χ0v) is 11.6. The third-order valence-electron chi connectivity index (χ3n) is 2.89. The van der Waals surface area contributed by atoms with Gasteiger partial charge in [0.15, 0.2) is 4.47 Å². The summed E-state index contributed by atoms with van der Waals surface area (Å²) in [5, 5.41) is 0. The number of aromatic nitrogens is 1. The Morgan fingerprint density at radius 2 is 1.37 bits per heavy atom. The highest BCUT2D eigenvalue weighted by atomic mass is 35.5. The molecule has 0 saturated heterocycles. The number of halogens is 1. The summed E-state index contributed by atoms with van der Waals surface area (Å²) in [5.41, 5.74) is 9.92. The van der Waals surface area contributed by atoms with E-state index in [-0.39, 0.29) is 0 Å². The Balaban J connectivity index is 1.92. The summed E-state index contributed by atoms with van der Waals surface area (Å²) >= 11 is 7.33. The van der Waals surface area contributed by atoms with Gasteiger partial charge in [0.05, 0.1) is 4.88 Å². The van der Waals surface area contributed by atoms with Crippen LogP contribution in [0.1, 0.15) is 0 Å². The van der Waals surface area contributed by atoms with Crippen molar-refractivity contribution in [1.29, 1.82) is 0 Å². The molecule has 94 valence electrons. The van der Waals surface area contributed by atoms with Crippen LogP contribution in [0.5, 0.6) is 0 Å². The molecule has 2 aromatic carbocycles. The fourth-order valence-electron chi connectivity index (χ4n) is 1.89. The molecule has 0 amide bonds. The van der Waals surface area contributed by atoms with Crippen molar-refractivity contribution in [2.24, 2.45) is 0 Å². The molecule has 2 N–H and O–H groups in total. The molecule has 0 atom stereocenters. The number of nitrogen functional groups attached to an aromatic ring is 1. The van der Waals surface area contributed by atoms with E-state index in [1.807, 2.05) is 24.3 Å². The van der Waals surface area contributed by atoms with Gasteiger partial charge in [0.25, 0.3) is 0 Å². The van der Waals surface area contributed by atoms with E-state index < -0.39 is 0 Å². The maximum Gasteiger partial charge on any atom is 0.184 e. The quantitative estimate of drug-likeness (QED) is 0.693. The van der Waals surface area contributed by atoms with Crippen LogP contribution in [-0.2, 0) is 0 Å². The van der Waals surface area contributed by atoms with E-state index in [0.29, 0.717) is 4.47 Å². The molecule has 4 heteroatoms. The SMILES string of the molecule is Nc1ccc(-c2ccc(-c3cnc(Cl)s3)cc2)cc1. The third kappa shape index (κ3) is 2.62. The largest absolute Gasteiger partial charge is 0.399 e. The van der Waals surface area contributed by atoms with E-state index in [2.05, 4.69) is 29.2 Å². The molecule has 0 fully saturated rings. The number of benzene rings is 2. The van der Waals surface area contributed by atoms with Gasteiger partial charge >= 0.3 is 0 Å². The lowest BCUT2D eigenvalue weighted by atomic mass is 10.0. The molecule has 19 heavy (non-hydrogen) atoms. The molecule has 0 spiro atoms. The molecule has 0 unspecified atom stereocenters. The predicted octanol–water partition coefficient (Wildman–Crippen LogP) is 4.71. The average Bonchev–Trinajstić information content (AvgIpc) is 2.87.